The van der Waals surface area contributed by atoms with Gasteiger partial charge in [-0.05, 0) is 112 Å². The third kappa shape index (κ3) is 5.36. The molecule has 4 nitrogen and oxygen atoms in total. The van der Waals surface area contributed by atoms with Crippen LogP contribution in [0, 0.1) is 0 Å². The second-order valence-corrected chi connectivity index (χ2v) is 20.9. The first-order chi connectivity index (χ1) is 31.0. The lowest BCUT2D eigenvalue weighted by molar-refractivity contribution is 0.590. The van der Waals surface area contributed by atoms with E-state index in [0.717, 1.165) is 50.8 Å². The Morgan fingerprint density at radius 3 is 1.91 bits per heavy atom. The number of thiophene rings is 1. The Bertz CT molecular complexity index is 3660. The third-order valence-electron chi connectivity index (χ3n) is 13.9. The van der Waals surface area contributed by atoms with Crippen LogP contribution in [0.1, 0.15) is 52.7 Å². The van der Waals surface area contributed by atoms with Gasteiger partial charge in [0.25, 0.3) is 0 Å². The molecule has 0 fully saturated rings. The van der Waals surface area contributed by atoms with E-state index in [1.54, 1.807) is 0 Å². The molecule has 0 saturated heterocycles. The number of rotatable bonds is 4. The lowest BCUT2D eigenvalue weighted by Gasteiger charge is -2.41. The van der Waals surface area contributed by atoms with Gasteiger partial charge in [-0.1, -0.05) is 133 Å². The van der Waals surface area contributed by atoms with Crippen LogP contribution in [0.2, 0.25) is 0 Å². The second kappa shape index (κ2) is 13.3. The molecule has 0 aliphatic carbocycles. The van der Waals surface area contributed by atoms with Crippen LogP contribution in [0.3, 0.4) is 0 Å². The monoisotopic (exact) mass is 843 g/mol. The van der Waals surface area contributed by atoms with Crippen molar-refractivity contribution in [1.82, 2.24) is 4.57 Å². The molecular weight excluding hydrogens is 798 g/mol. The molecule has 2 aliphatic heterocycles. The summed E-state index contributed by atoms with van der Waals surface area (Å²) in [6, 6.07) is 63.2. The zero-order valence-corrected chi connectivity index (χ0v) is 37.7. The van der Waals surface area contributed by atoms with Crippen molar-refractivity contribution in [1.29, 1.82) is 0 Å². The zero-order chi connectivity index (χ0) is 43.2. The fraction of sp³-hybridized carbons (Fsp3) is 0.138. The summed E-state index contributed by atoms with van der Waals surface area (Å²) < 4.78 is 12.6. The molecule has 13 rings (SSSR count). The maximum Gasteiger partial charge on any atom is 0.375 e. The molecule has 0 spiro atoms. The zero-order valence-electron chi connectivity index (χ0n) is 36.9. The van der Waals surface area contributed by atoms with Crippen LogP contribution in [0.4, 0.5) is 28.4 Å². The fourth-order valence-corrected chi connectivity index (χ4v) is 11.8. The molecule has 0 N–H and O–H groups in total. The van der Waals surface area contributed by atoms with Crippen molar-refractivity contribution in [3.63, 3.8) is 0 Å². The van der Waals surface area contributed by atoms with E-state index in [0.29, 0.717) is 0 Å². The normalized spacial score (nSPS) is 13.4. The highest BCUT2D eigenvalue weighted by Gasteiger charge is 2.47. The van der Waals surface area contributed by atoms with Crippen LogP contribution >= 0.6 is 11.3 Å². The average Bonchev–Trinajstić information content (AvgIpc) is 3.97. The van der Waals surface area contributed by atoms with E-state index in [-0.39, 0.29) is 17.7 Å². The Labute approximate surface area is 377 Å². The fourth-order valence-electron chi connectivity index (χ4n) is 10.7. The number of fused-ring (bicyclic) bond motifs is 13. The summed E-state index contributed by atoms with van der Waals surface area (Å²) in [5, 5.41) is 6.31. The number of para-hydroxylation sites is 2. The summed E-state index contributed by atoms with van der Waals surface area (Å²) in [6.07, 6.45) is 0. The minimum absolute atomic E-state index is 0.0116. The van der Waals surface area contributed by atoms with Crippen LogP contribution in [-0.2, 0) is 10.8 Å². The molecule has 0 amide bonds. The number of nitrogens with zero attached hydrogens (tertiary/aromatic N) is 3. The van der Waals surface area contributed by atoms with Gasteiger partial charge >= 0.3 is 6.85 Å². The van der Waals surface area contributed by atoms with Gasteiger partial charge in [-0.3, -0.25) is 0 Å². The van der Waals surface area contributed by atoms with Crippen molar-refractivity contribution < 1.29 is 4.42 Å². The van der Waals surface area contributed by atoms with E-state index in [9.17, 15) is 0 Å². The maximum absolute atomic E-state index is 7.38. The topological polar surface area (TPSA) is 24.6 Å². The second-order valence-electron chi connectivity index (χ2n) is 19.8. The first-order valence-corrected chi connectivity index (χ1v) is 23.3. The Hall–Kier alpha value is -7.02. The van der Waals surface area contributed by atoms with E-state index in [4.69, 9.17) is 4.42 Å². The van der Waals surface area contributed by atoms with E-state index in [1.165, 1.54) is 69.7 Å². The molecule has 5 heterocycles. The number of anilines is 5. The van der Waals surface area contributed by atoms with Crippen molar-refractivity contribution in [3.05, 3.63) is 181 Å². The Morgan fingerprint density at radius 1 is 0.516 bits per heavy atom. The summed E-state index contributed by atoms with van der Waals surface area (Å²) in [6.45, 7) is 13.5. The van der Waals surface area contributed by atoms with Crippen LogP contribution in [0.25, 0.3) is 69.8 Å². The van der Waals surface area contributed by atoms with Crippen molar-refractivity contribution >= 4 is 111 Å². The number of furan rings is 1. The van der Waals surface area contributed by atoms with Gasteiger partial charge in [0.15, 0.2) is 0 Å². The Morgan fingerprint density at radius 2 is 1.19 bits per heavy atom. The highest BCUT2D eigenvalue weighted by molar-refractivity contribution is 7.25. The van der Waals surface area contributed by atoms with Crippen LogP contribution in [-0.4, -0.2) is 11.4 Å². The highest BCUT2D eigenvalue weighted by atomic mass is 32.1. The van der Waals surface area contributed by atoms with E-state index < -0.39 is 0 Å². The Balaban J connectivity index is 1.16. The SMILES string of the molecule is CC(C)(C)c1ccc(N2B3c4oc5ccc(C(C)(C)C)cc5c4-n4c5cc6sc7ccccc7c6cc5c5ccc(c3c54)-c3ccc(N(c4ccccc4)c4ccccc4)cc32)cc1. The molecule has 11 aromatic rings. The first-order valence-electron chi connectivity index (χ1n) is 22.5. The molecule has 8 aromatic carbocycles. The van der Waals surface area contributed by atoms with E-state index in [2.05, 4.69) is 226 Å². The van der Waals surface area contributed by atoms with Crippen LogP contribution in [0.5, 0.6) is 0 Å². The largest absolute Gasteiger partial charge is 0.466 e. The van der Waals surface area contributed by atoms with Crippen molar-refractivity contribution in [2.24, 2.45) is 0 Å². The summed E-state index contributed by atoms with van der Waals surface area (Å²) in [5.74, 6) is 0. The molecule has 2 aliphatic rings. The van der Waals surface area contributed by atoms with Gasteiger partial charge in [0.2, 0.25) is 0 Å². The molecule has 6 heteroatoms. The Kier molecular flexibility index (Phi) is 7.78. The molecule has 0 radical (unpaired) electrons. The van der Waals surface area contributed by atoms with Crippen molar-refractivity contribution in [2.45, 2.75) is 52.4 Å². The minimum Gasteiger partial charge on any atom is -0.466 e. The smallest absolute Gasteiger partial charge is 0.375 e. The molecule has 0 unspecified atom stereocenters. The van der Waals surface area contributed by atoms with Gasteiger partial charge in [-0.2, -0.15) is 0 Å². The summed E-state index contributed by atoms with van der Waals surface area (Å²) >= 11 is 1.88. The lowest BCUT2D eigenvalue weighted by Crippen LogP contribution is -2.60. The summed E-state index contributed by atoms with van der Waals surface area (Å²) in [5.41, 5.74) is 17.4. The van der Waals surface area contributed by atoms with Crippen LogP contribution in [0.15, 0.2) is 174 Å². The first kappa shape index (κ1) is 37.5. The molecule has 64 heavy (non-hydrogen) atoms. The van der Waals surface area contributed by atoms with Crippen molar-refractivity contribution in [3.8, 4) is 16.8 Å². The van der Waals surface area contributed by atoms with E-state index >= 15 is 0 Å². The van der Waals surface area contributed by atoms with Crippen molar-refractivity contribution in [2.75, 3.05) is 9.71 Å². The summed E-state index contributed by atoms with van der Waals surface area (Å²) in [7, 11) is 0. The number of hydrogen-bond donors (Lipinski definition) is 0. The van der Waals surface area contributed by atoms with Gasteiger partial charge in [0.05, 0.1) is 16.7 Å². The van der Waals surface area contributed by atoms with E-state index in [1.807, 2.05) is 11.3 Å². The van der Waals surface area contributed by atoms with Gasteiger partial charge in [-0.15, -0.1) is 11.3 Å². The molecule has 0 saturated carbocycles. The molecule has 308 valence electrons. The third-order valence-corrected chi connectivity index (χ3v) is 15.0. The maximum atomic E-state index is 7.38. The predicted molar refractivity (Wildman–Crippen MR) is 275 cm³/mol. The standard InChI is InChI=1S/C58H46BN3OS/c1-57(2,3)35-21-24-39(25-22-35)62-49-32-40(60(37-15-9-7-10-16-37)38-17-11-8-12-18-38)26-27-41(49)43-28-29-44-45-33-46-42-19-13-14-20-51(42)64-52(46)34-48(45)61-54(44)53(43)59(62)56-55(61)47-31-36(58(4,5)6)23-30-50(47)63-56/h7-34H,1-6H3. The number of hydrogen-bond acceptors (Lipinski definition) is 4. The quantitative estimate of drug-likeness (QED) is 0.165. The molecule has 0 bridgehead atoms. The number of aromatic nitrogens is 1. The highest BCUT2D eigenvalue weighted by Crippen LogP contribution is 2.50. The lowest BCUT2D eigenvalue weighted by atomic mass is 9.46. The molecule has 3 aromatic heterocycles. The molecular formula is C58H46BN3OS. The predicted octanol–water partition coefficient (Wildman–Crippen LogP) is 15.2. The van der Waals surface area contributed by atoms with Crippen LogP contribution < -0.4 is 20.8 Å². The van der Waals surface area contributed by atoms with Gasteiger partial charge in [0.1, 0.15) is 11.2 Å². The number of benzene rings is 8. The minimum atomic E-state index is -0.247. The van der Waals surface area contributed by atoms with Gasteiger partial charge in [-0.25, -0.2) is 0 Å². The van der Waals surface area contributed by atoms with Gasteiger partial charge in [0, 0.05) is 70.3 Å². The summed E-state index contributed by atoms with van der Waals surface area (Å²) in [4.78, 5) is 4.95. The van der Waals surface area contributed by atoms with Gasteiger partial charge < -0.3 is 18.7 Å². The average molecular weight is 844 g/mol. The molecule has 0 atom stereocenters.